The van der Waals surface area contributed by atoms with Crippen LogP contribution in [-0.2, 0) is 0 Å². The van der Waals surface area contributed by atoms with Crippen molar-refractivity contribution in [2.75, 3.05) is 6.54 Å². The number of Topliss-reactive ketones (excluding diaryl/α,β-unsaturated/α-hetero) is 1. The Morgan fingerprint density at radius 2 is 1.86 bits per heavy atom. The van der Waals surface area contributed by atoms with Gasteiger partial charge in [-0.05, 0) is 38.7 Å². The number of carbonyl (C=O) groups is 2. The number of halogens is 1. The minimum atomic E-state index is -0.200. The zero-order chi connectivity index (χ0) is 15.4. The highest BCUT2D eigenvalue weighted by molar-refractivity contribution is 6.02. The van der Waals surface area contributed by atoms with Crippen LogP contribution in [0.1, 0.15) is 59.3 Å². The van der Waals surface area contributed by atoms with E-state index in [1.807, 2.05) is 0 Å². The van der Waals surface area contributed by atoms with Gasteiger partial charge in [0.15, 0.2) is 5.78 Å². The fourth-order valence-electron chi connectivity index (χ4n) is 2.55. The van der Waals surface area contributed by atoms with Gasteiger partial charge in [-0.15, -0.1) is 12.4 Å². The third-order valence-corrected chi connectivity index (χ3v) is 3.39. The molecule has 0 radical (unpaired) electrons. The highest BCUT2D eigenvalue weighted by Crippen LogP contribution is 2.18. The Morgan fingerprint density at radius 1 is 1.29 bits per heavy atom. The Balaban J connectivity index is 0.00000400. The van der Waals surface area contributed by atoms with Gasteiger partial charge in [-0.3, -0.25) is 9.59 Å². The predicted octanol–water partition coefficient (Wildman–Crippen LogP) is 2.36. The van der Waals surface area contributed by atoms with Gasteiger partial charge in [0.25, 0.3) is 5.91 Å². The molecule has 0 aliphatic rings. The van der Waals surface area contributed by atoms with Crippen LogP contribution in [-0.4, -0.2) is 29.3 Å². The van der Waals surface area contributed by atoms with Gasteiger partial charge in [0.2, 0.25) is 0 Å². The van der Waals surface area contributed by atoms with Crippen LogP contribution in [0.15, 0.2) is 0 Å². The summed E-state index contributed by atoms with van der Waals surface area (Å²) < 4.78 is 0. The average molecular weight is 316 g/mol. The third-order valence-electron chi connectivity index (χ3n) is 3.39. The molecule has 0 saturated heterocycles. The van der Waals surface area contributed by atoms with Gasteiger partial charge in [0, 0.05) is 23.8 Å². The summed E-state index contributed by atoms with van der Waals surface area (Å²) in [6, 6.07) is -0.0497. The maximum Gasteiger partial charge on any atom is 0.268 e. The Hall–Kier alpha value is -1.33. The highest BCUT2D eigenvalue weighted by atomic mass is 35.5. The molecular formula is C15H26ClN3O2. The molecule has 1 amide bonds. The molecule has 0 saturated carbocycles. The van der Waals surface area contributed by atoms with Crippen molar-refractivity contribution in [3.05, 3.63) is 22.5 Å². The highest BCUT2D eigenvalue weighted by Gasteiger charge is 2.21. The van der Waals surface area contributed by atoms with Gasteiger partial charge in [-0.1, -0.05) is 13.8 Å². The molecule has 1 aromatic heterocycles. The minimum absolute atomic E-state index is 0. The summed E-state index contributed by atoms with van der Waals surface area (Å²) in [6.45, 7) is 9.68. The van der Waals surface area contributed by atoms with Crippen LogP contribution in [0.25, 0.3) is 0 Å². The average Bonchev–Trinajstić information content (AvgIpc) is 2.63. The second-order valence-electron chi connectivity index (χ2n) is 5.72. The number of carbonyl (C=O) groups excluding carboxylic acids is 2. The molecule has 0 bridgehead atoms. The molecule has 0 aliphatic carbocycles. The lowest BCUT2D eigenvalue weighted by Crippen LogP contribution is -2.41. The number of aromatic nitrogens is 1. The smallest absolute Gasteiger partial charge is 0.268 e. The first kappa shape index (κ1) is 19.7. The molecule has 4 N–H and O–H groups in total. The van der Waals surface area contributed by atoms with Crippen molar-refractivity contribution >= 4 is 24.1 Å². The number of rotatable bonds is 6. The molecule has 1 heterocycles. The van der Waals surface area contributed by atoms with Gasteiger partial charge in [-0.25, -0.2) is 0 Å². The van der Waals surface area contributed by atoms with Crippen molar-refractivity contribution in [2.45, 2.75) is 47.1 Å². The molecule has 0 aliphatic heterocycles. The van der Waals surface area contributed by atoms with E-state index in [-0.39, 0.29) is 30.1 Å². The summed E-state index contributed by atoms with van der Waals surface area (Å²) >= 11 is 0. The van der Waals surface area contributed by atoms with Gasteiger partial charge in [0.1, 0.15) is 5.69 Å². The van der Waals surface area contributed by atoms with Crippen LogP contribution in [0.2, 0.25) is 0 Å². The Labute approximate surface area is 132 Å². The summed E-state index contributed by atoms with van der Waals surface area (Å²) in [5, 5.41) is 2.93. The number of amides is 1. The number of aryl methyl sites for hydroxylation is 1. The first-order valence-electron chi connectivity index (χ1n) is 6.98. The second kappa shape index (κ2) is 8.20. The van der Waals surface area contributed by atoms with E-state index in [4.69, 9.17) is 5.73 Å². The summed E-state index contributed by atoms with van der Waals surface area (Å²) in [6.07, 6.45) is 0.834. The van der Waals surface area contributed by atoms with Crippen molar-refractivity contribution < 1.29 is 9.59 Å². The standard InChI is InChI=1S/C15H25N3O2.ClH/c1-8(2)6-12(7-16)18-15(20)14-9(3)13(11(5)19)10(4)17-14;/h8,12,17H,6-7,16H2,1-5H3,(H,18,20);1H. The van der Waals surface area contributed by atoms with Crippen molar-refractivity contribution in [1.82, 2.24) is 10.3 Å². The van der Waals surface area contributed by atoms with Crippen LogP contribution >= 0.6 is 12.4 Å². The number of nitrogens with one attached hydrogen (secondary N) is 2. The maximum absolute atomic E-state index is 12.3. The number of H-pyrrole nitrogens is 1. The van der Waals surface area contributed by atoms with E-state index in [2.05, 4.69) is 24.1 Å². The predicted molar refractivity (Wildman–Crippen MR) is 87.3 cm³/mol. The van der Waals surface area contributed by atoms with E-state index in [0.717, 1.165) is 12.1 Å². The Kier molecular flexibility index (Phi) is 7.68. The van der Waals surface area contributed by atoms with Crippen LogP contribution in [0.4, 0.5) is 0 Å². The Bertz CT molecular complexity index is 509. The molecule has 0 aromatic carbocycles. The van der Waals surface area contributed by atoms with Gasteiger partial charge >= 0.3 is 0 Å². The molecule has 1 unspecified atom stereocenters. The lowest BCUT2D eigenvalue weighted by Gasteiger charge is -2.18. The van der Waals surface area contributed by atoms with Crippen LogP contribution in [0.3, 0.4) is 0 Å². The zero-order valence-corrected chi connectivity index (χ0v) is 14.2. The molecule has 1 aromatic rings. The van der Waals surface area contributed by atoms with Crippen molar-refractivity contribution in [3.8, 4) is 0 Å². The first-order valence-corrected chi connectivity index (χ1v) is 6.98. The summed E-state index contributed by atoms with van der Waals surface area (Å²) in [4.78, 5) is 26.9. The summed E-state index contributed by atoms with van der Waals surface area (Å²) in [7, 11) is 0. The summed E-state index contributed by atoms with van der Waals surface area (Å²) in [5.74, 6) is 0.227. The molecule has 21 heavy (non-hydrogen) atoms. The molecule has 6 heteroatoms. The zero-order valence-electron chi connectivity index (χ0n) is 13.4. The van der Waals surface area contributed by atoms with E-state index in [1.54, 1.807) is 13.8 Å². The number of hydrogen-bond donors (Lipinski definition) is 3. The van der Waals surface area contributed by atoms with Gasteiger partial charge in [-0.2, -0.15) is 0 Å². The van der Waals surface area contributed by atoms with Crippen LogP contribution < -0.4 is 11.1 Å². The fourth-order valence-corrected chi connectivity index (χ4v) is 2.55. The lowest BCUT2D eigenvalue weighted by molar-refractivity contribution is 0.0928. The minimum Gasteiger partial charge on any atom is -0.354 e. The van der Waals surface area contributed by atoms with Crippen molar-refractivity contribution in [2.24, 2.45) is 11.7 Å². The number of ketones is 1. The lowest BCUT2D eigenvalue weighted by atomic mass is 10.0. The normalized spacial score (nSPS) is 12.0. The van der Waals surface area contributed by atoms with Crippen molar-refractivity contribution in [3.63, 3.8) is 0 Å². The SMILES string of the molecule is CC(=O)c1c(C)[nH]c(C(=O)NC(CN)CC(C)C)c1C.Cl. The third kappa shape index (κ3) is 4.86. The van der Waals surface area contributed by atoms with Crippen molar-refractivity contribution in [1.29, 1.82) is 0 Å². The largest absolute Gasteiger partial charge is 0.354 e. The molecule has 1 rings (SSSR count). The van der Waals surface area contributed by atoms with E-state index >= 15 is 0 Å². The van der Waals surface area contributed by atoms with E-state index in [0.29, 0.717) is 29.3 Å². The van der Waals surface area contributed by atoms with Crippen LogP contribution in [0, 0.1) is 19.8 Å². The van der Waals surface area contributed by atoms with E-state index in [9.17, 15) is 9.59 Å². The molecule has 5 nitrogen and oxygen atoms in total. The Morgan fingerprint density at radius 3 is 2.24 bits per heavy atom. The topological polar surface area (TPSA) is 88.0 Å². The first-order chi connectivity index (χ1) is 9.27. The van der Waals surface area contributed by atoms with Gasteiger partial charge in [0.05, 0.1) is 0 Å². The van der Waals surface area contributed by atoms with Crippen LogP contribution in [0.5, 0.6) is 0 Å². The molecule has 120 valence electrons. The fraction of sp³-hybridized carbons (Fsp3) is 0.600. The molecule has 0 spiro atoms. The molecule has 1 atom stereocenters. The van der Waals surface area contributed by atoms with Gasteiger partial charge < -0.3 is 16.0 Å². The van der Waals surface area contributed by atoms with E-state index < -0.39 is 0 Å². The number of hydrogen-bond acceptors (Lipinski definition) is 3. The second-order valence-corrected chi connectivity index (χ2v) is 5.72. The maximum atomic E-state index is 12.3. The molecular weight excluding hydrogens is 290 g/mol. The monoisotopic (exact) mass is 315 g/mol. The number of nitrogens with two attached hydrogens (primary N) is 1. The molecule has 0 fully saturated rings. The quantitative estimate of drug-likeness (QED) is 0.704. The number of aromatic amines is 1. The summed E-state index contributed by atoms with van der Waals surface area (Å²) in [5.41, 5.74) is 8.18. The van der Waals surface area contributed by atoms with E-state index in [1.165, 1.54) is 6.92 Å².